The first-order chi connectivity index (χ1) is 14.7. The van der Waals surface area contributed by atoms with Crippen molar-refractivity contribution in [3.8, 4) is 17.3 Å². The molecule has 30 heavy (non-hydrogen) atoms. The lowest BCUT2D eigenvalue weighted by Crippen LogP contribution is -2.23. The van der Waals surface area contributed by atoms with Crippen LogP contribution in [-0.4, -0.2) is 30.6 Å². The minimum atomic E-state index is -0.265. The van der Waals surface area contributed by atoms with Gasteiger partial charge >= 0.3 is 0 Å². The fraction of sp³-hybridized carbons (Fsp3) is 0.190. The highest BCUT2D eigenvalue weighted by atomic mass is 35.5. The van der Waals surface area contributed by atoms with Crippen LogP contribution in [0.3, 0.4) is 0 Å². The van der Waals surface area contributed by atoms with Crippen LogP contribution >= 0.6 is 11.6 Å². The Labute approximate surface area is 176 Å². The number of aromatic nitrogens is 5. The number of pyridine rings is 1. The van der Waals surface area contributed by atoms with Gasteiger partial charge in [0.15, 0.2) is 5.82 Å². The van der Waals surface area contributed by atoms with Crippen LogP contribution in [0.4, 0.5) is 0 Å². The number of benzene rings is 1. The molecule has 1 fully saturated rings. The van der Waals surface area contributed by atoms with Crippen LogP contribution in [0.2, 0.25) is 5.02 Å². The molecule has 0 unspecified atom stereocenters. The number of imidazole rings is 1. The monoisotopic (exact) mass is 420 g/mol. The van der Waals surface area contributed by atoms with Crippen LogP contribution in [0.1, 0.15) is 40.6 Å². The highest BCUT2D eigenvalue weighted by Gasteiger charge is 2.29. The molecule has 150 valence electrons. The van der Waals surface area contributed by atoms with Gasteiger partial charge in [-0.3, -0.25) is 9.36 Å². The number of halogens is 1. The van der Waals surface area contributed by atoms with E-state index < -0.39 is 0 Å². The largest absolute Gasteiger partial charge is 0.347 e. The lowest BCUT2D eigenvalue weighted by molar-refractivity contribution is 0.0946. The Kier molecular flexibility index (Phi) is 4.76. The number of carbonyl (C=O) groups is 1. The van der Waals surface area contributed by atoms with Crippen molar-refractivity contribution in [2.45, 2.75) is 25.3 Å². The molecule has 4 aromatic rings. The molecule has 0 bridgehead atoms. The number of nitrogens with zero attached hydrogens (tertiary/aromatic N) is 5. The van der Waals surface area contributed by atoms with Crippen molar-refractivity contribution in [2.24, 2.45) is 0 Å². The first-order valence-corrected chi connectivity index (χ1v) is 9.90. The molecule has 0 spiro atoms. The first kappa shape index (κ1) is 18.5. The highest BCUT2D eigenvalue weighted by molar-refractivity contribution is 6.30. The van der Waals surface area contributed by atoms with E-state index in [1.807, 2.05) is 24.3 Å². The third kappa shape index (κ3) is 3.95. The van der Waals surface area contributed by atoms with Crippen LogP contribution < -0.4 is 5.32 Å². The second kappa shape index (κ2) is 7.72. The summed E-state index contributed by atoms with van der Waals surface area (Å²) in [5.41, 5.74) is 2.01. The predicted octanol–water partition coefficient (Wildman–Crippen LogP) is 3.78. The topological polar surface area (TPSA) is 98.7 Å². The maximum atomic E-state index is 12.4. The Bertz CT molecular complexity index is 1180. The predicted molar refractivity (Wildman–Crippen MR) is 109 cm³/mol. The number of hydrogen-bond donors (Lipinski definition) is 1. The number of rotatable bonds is 6. The SMILES string of the molecule is O=C(NCc1ccc(Cl)cc1)c1cn(-c2ccc(-c3nc(C4CC4)no3)cn2)cn1. The van der Waals surface area contributed by atoms with Gasteiger partial charge in [-0.15, -0.1) is 0 Å². The summed E-state index contributed by atoms with van der Waals surface area (Å²) in [6, 6.07) is 11.0. The molecule has 1 amide bonds. The quantitative estimate of drug-likeness (QED) is 0.509. The van der Waals surface area contributed by atoms with Gasteiger partial charge in [0.1, 0.15) is 17.8 Å². The van der Waals surface area contributed by atoms with Gasteiger partial charge in [-0.25, -0.2) is 9.97 Å². The molecular formula is C21H17ClN6O2. The third-order valence-electron chi connectivity index (χ3n) is 4.83. The van der Waals surface area contributed by atoms with Crippen molar-refractivity contribution in [3.63, 3.8) is 0 Å². The number of amides is 1. The average Bonchev–Trinajstić information content (AvgIpc) is 3.30. The number of hydrogen-bond acceptors (Lipinski definition) is 6. The molecule has 1 aliphatic rings. The van der Waals surface area contributed by atoms with Crippen molar-refractivity contribution in [3.05, 3.63) is 77.2 Å². The molecule has 1 aliphatic carbocycles. The summed E-state index contributed by atoms with van der Waals surface area (Å²) in [5.74, 6) is 2.02. The van der Waals surface area contributed by atoms with E-state index in [0.717, 1.165) is 29.8 Å². The summed E-state index contributed by atoms with van der Waals surface area (Å²) in [6.07, 6.45) is 7.09. The Balaban J connectivity index is 1.25. The van der Waals surface area contributed by atoms with E-state index in [1.165, 1.54) is 0 Å². The van der Waals surface area contributed by atoms with Gasteiger partial charge in [0.25, 0.3) is 11.8 Å². The molecule has 1 saturated carbocycles. The Morgan fingerprint density at radius 3 is 2.73 bits per heavy atom. The summed E-state index contributed by atoms with van der Waals surface area (Å²) in [7, 11) is 0. The maximum absolute atomic E-state index is 12.4. The van der Waals surface area contributed by atoms with Gasteiger partial charge in [-0.05, 0) is 42.7 Å². The van der Waals surface area contributed by atoms with E-state index in [4.69, 9.17) is 16.1 Å². The molecule has 8 nitrogen and oxygen atoms in total. The Hall–Kier alpha value is -3.52. The molecular weight excluding hydrogens is 404 g/mol. The van der Waals surface area contributed by atoms with Crippen molar-refractivity contribution in [2.75, 3.05) is 0 Å². The zero-order valence-electron chi connectivity index (χ0n) is 15.8. The fourth-order valence-electron chi connectivity index (χ4n) is 2.97. The standard InChI is InChI=1S/C21H17ClN6O2/c22-16-6-1-13(2-7-16)9-24-20(29)17-11-28(12-25-17)18-8-5-15(10-23-18)21-26-19(27-30-21)14-3-4-14/h1-2,5-8,10-12,14H,3-4,9H2,(H,24,29). The Morgan fingerprint density at radius 1 is 1.17 bits per heavy atom. The fourth-order valence-corrected chi connectivity index (χ4v) is 3.09. The van der Waals surface area contributed by atoms with Gasteiger partial charge in [-0.1, -0.05) is 28.9 Å². The number of nitrogens with one attached hydrogen (secondary N) is 1. The molecule has 0 atom stereocenters. The molecule has 5 rings (SSSR count). The summed E-state index contributed by atoms with van der Waals surface area (Å²) in [5, 5.41) is 7.52. The molecule has 9 heteroatoms. The summed E-state index contributed by atoms with van der Waals surface area (Å²) < 4.78 is 7.01. The van der Waals surface area contributed by atoms with Gasteiger partial charge in [0.2, 0.25) is 0 Å². The van der Waals surface area contributed by atoms with E-state index in [2.05, 4.69) is 25.4 Å². The smallest absolute Gasteiger partial charge is 0.271 e. The van der Waals surface area contributed by atoms with Crippen molar-refractivity contribution < 1.29 is 9.32 Å². The third-order valence-corrected chi connectivity index (χ3v) is 5.08. The lowest BCUT2D eigenvalue weighted by Gasteiger charge is -2.04. The maximum Gasteiger partial charge on any atom is 0.271 e. The van der Waals surface area contributed by atoms with Crippen LogP contribution in [0, 0.1) is 0 Å². The second-order valence-electron chi connectivity index (χ2n) is 7.11. The minimum Gasteiger partial charge on any atom is -0.347 e. The van der Waals surface area contributed by atoms with Gasteiger partial charge < -0.3 is 9.84 Å². The molecule has 1 N–H and O–H groups in total. The van der Waals surface area contributed by atoms with E-state index in [-0.39, 0.29) is 5.91 Å². The second-order valence-corrected chi connectivity index (χ2v) is 7.55. The van der Waals surface area contributed by atoms with Crippen LogP contribution in [-0.2, 0) is 6.54 Å². The molecule has 0 saturated heterocycles. The van der Waals surface area contributed by atoms with Crippen molar-refractivity contribution in [1.82, 2.24) is 30.0 Å². The molecule has 1 aromatic carbocycles. The average molecular weight is 421 g/mol. The van der Waals surface area contributed by atoms with Crippen LogP contribution in [0.15, 0.2) is 59.6 Å². The van der Waals surface area contributed by atoms with Crippen molar-refractivity contribution >= 4 is 17.5 Å². The zero-order chi connectivity index (χ0) is 20.5. The van der Waals surface area contributed by atoms with Crippen LogP contribution in [0.5, 0.6) is 0 Å². The molecule has 3 aromatic heterocycles. The Morgan fingerprint density at radius 2 is 2.00 bits per heavy atom. The van der Waals surface area contributed by atoms with Gasteiger partial charge in [0.05, 0.1) is 5.56 Å². The lowest BCUT2D eigenvalue weighted by atomic mass is 10.2. The molecule has 0 aliphatic heterocycles. The minimum absolute atomic E-state index is 0.265. The van der Waals surface area contributed by atoms with Gasteiger partial charge in [-0.2, -0.15) is 4.98 Å². The zero-order valence-corrected chi connectivity index (χ0v) is 16.6. The summed E-state index contributed by atoms with van der Waals surface area (Å²) in [4.78, 5) is 25.4. The van der Waals surface area contributed by atoms with E-state index >= 15 is 0 Å². The summed E-state index contributed by atoms with van der Waals surface area (Å²) in [6.45, 7) is 0.392. The van der Waals surface area contributed by atoms with E-state index in [1.54, 1.807) is 35.4 Å². The van der Waals surface area contributed by atoms with Gasteiger partial charge in [0, 0.05) is 29.9 Å². The van der Waals surface area contributed by atoms with Crippen LogP contribution in [0.25, 0.3) is 17.3 Å². The first-order valence-electron chi connectivity index (χ1n) is 9.53. The molecule has 0 radical (unpaired) electrons. The van der Waals surface area contributed by atoms with Crippen molar-refractivity contribution in [1.29, 1.82) is 0 Å². The normalized spacial score (nSPS) is 13.4. The summed E-state index contributed by atoms with van der Waals surface area (Å²) >= 11 is 5.87. The highest BCUT2D eigenvalue weighted by Crippen LogP contribution is 2.38. The number of carbonyl (C=O) groups excluding carboxylic acids is 1. The van der Waals surface area contributed by atoms with E-state index in [0.29, 0.717) is 34.9 Å². The van der Waals surface area contributed by atoms with E-state index in [9.17, 15) is 4.79 Å². The molecule has 3 heterocycles.